The van der Waals surface area contributed by atoms with Gasteiger partial charge in [0.15, 0.2) is 0 Å². The highest BCUT2D eigenvalue weighted by Crippen LogP contribution is 1.96. The summed E-state index contributed by atoms with van der Waals surface area (Å²) in [6.45, 7) is 3.54. The van der Waals surface area contributed by atoms with Crippen molar-refractivity contribution in [2.75, 3.05) is 46.5 Å². The first kappa shape index (κ1) is 13.9. The zero-order valence-electron chi connectivity index (χ0n) is 10.2. The lowest BCUT2D eigenvalue weighted by Crippen LogP contribution is -2.44. The van der Waals surface area contributed by atoms with Crippen LogP contribution in [0.25, 0.3) is 0 Å². The van der Waals surface area contributed by atoms with Crippen LogP contribution in [0, 0.1) is 0 Å². The molecule has 1 fully saturated rings. The molecule has 0 aromatic heterocycles. The lowest BCUT2D eigenvalue weighted by Gasteiger charge is -2.26. The van der Waals surface area contributed by atoms with Crippen LogP contribution in [0.1, 0.15) is 12.8 Å². The first-order valence-electron chi connectivity index (χ1n) is 5.87. The molecule has 1 aliphatic heterocycles. The van der Waals surface area contributed by atoms with Gasteiger partial charge in [-0.2, -0.15) is 0 Å². The van der Waals surface area contributed by atoms with Gasteiger partial charge in [-0.05, 0) is 13.0 Å². The fourth-order valence-electron chi connectivity index (χ4n) is 1.58. The molecule has 1 aliphatic rings. The largest absolute Gasteiger partial charge is 0.469 e. The van der Waals surface area contributed by atoms with Crippen LogP contribution < -0.4 is 5.32 Å². The van der Waals surface area contributed by atoms with Gasteiger partial charge in [0, 0.05) is 19.5 Å². The minimum Gasteiger partial charge on any atom is -0.469 e. The number of hydrogen-bond acceptors (Lipinski definition) is 5. The van der Waals surface area contributed by atoms with Crippen molar-refractivity contribution in [2.24, 2.45) is 0 Å². The molecule has 0 unspecified atom stereocenters. The van der Waals surface area contributed by atoms with Crippen LogP contribution in [0.4, 0.5) is 0 Å². The Bertz CT molecular complexity index is 252. The number of rotatable bonds is 6. The van der Waals surface area contributed by atoms with Crippen LogP contribution in [-0.4, -0.2) is 63.3 Å². The van der Waals surface area contributed by atoms with Crippen LogP contribution in [-0.2, 0) is 19.1 Å². The highest BCUT2D eigenvalue weighted by atomic mass is 16.5. The zero-order chi connectivity index (χ0) is 12.5. The standard InChI is InChI=1S/C11H20N2O4/c1-16-11(15)3-2-4-12-9-10(14)13-5-7-17-8-6-13/h12H,2-9H2,1H3. The van der Waals surface area contributed by atoms with Crippen LogP contribution in [0.3, 0.4) is 0 Å². The second-order valence-corrected chi connectivity index (χ2v) is 3.85. The van der Waals surface area contributed by atoms with Gasteiger partial charge in [-0.1, -0.05) is 0 Å². The molecular formula is C11H20N2O4. The quantitative estimate of drug-likeness (QED) is 0.498. The van der Waals surface area contributed by atoms with Crippen LogP contribution in [0.5, 0.6) is 0 Å². The van der Waals surface area contributed by atoms with Gasteiger partial charge in [0.2, 0.25) is 5.91 Å². The summed E-state index contributed by atoms with van der Waals surface area (Å²) in [5.74, 6) is -0.127. The average Bonchev–Trinajstić information content (AvgIpc) is 2.38. The molecule has 0 aliphatic carbocycles. The number of nitrogens with one attached hydrogen (secondary N) is 1. The Morgan fingerprint density at radius 2 is 2.06 bits per heavy atom. The summed E-state index contributed by atoms with van der Waals surface area (Å²) in [4.78, 5) is 24.3. The number of morpholine rings is 1. The van der Waals surface area contributed by atoms with E-state index in [0.717, 1.165) is 0 Å². The number of ether oxygens (including phenoxy) is 2. The third kappa shape index (κ3) is 5.65. The van der Waals surface area contributed by atoms with Crippen molar-refractivity contribution in [1.82, 2.24) is 10.2 Å². The Labute approximate surface area is 101 Å². The zero-order valence-corrected chi connectivity index (χ0v) is 10.2. The average molecular weight is 244 g/mol. The minimum absolute atomic E-state index is 0.0892. The second-order valence-electron chi connectivity index (χ2n) is 3.85. The predicted molar refractivity (Wildman–Crippen MR) is 61.5 cm³/mol. The Hall–Kier alpha value is -1.14. The number of carbonyl (C=O) groups excluding carboxylic acids is 2. The van der Waals surface area contributed by atoms with Crippen molar-refractivity contribution in [3.8, 4) is 0 Å². The molecule has 1 N–H and O–H groups in total. The number of amides is 1. The van der Waals surface area contributed by atoms with E-state index in [1.54, 1.807) is 4.90 Å². The fourth-order valence-corrected chi connectivity index (χ4v) is 1.58. The predicted octanol–water partition coefficient (Wildman–Crippen LogP) is -0.612. The molecule has 0 bridgehead atoms. The van der Waals surface area contributed by atoms with Crippen molar-refractivity contribution in [2.45, 2.75) is 12.8 Å². The monoisotopic (exact) mass is 244 g/mol. The molecule has 1 heterocycles. The summed E-state index contributed by atoms with van der Waals surface area (Å²) in [5.41, 5.74) is 0. The Balaban J connectivity index is 2.01. The molecule has 6 nitrogen and oxygen atoms in total. The third-order valence-corrected chi connectivity index (χ3v) is 2.60. The Morgan fingerprint density at radius 3 is 2.71 bits per heavy atom. The molecule has 0 saturated carbocycles. The van der Waals surface area contributed by atoms with Crippen LogP contribution in [0.15, 0.2) is 0 Å². The molecule has 1 amide bonds. The molecule has 0 atom stereocenters. The maximum Gasteiger partial charge on any atom is 0.305 e. The van der Waals surface area contributed by atoms with E-state index in [0.29, 0.717) is 52.2 Å². The van der Waals surface area contributed by atoms with E-state index in [9.17, 15) is 9.59 Å². The number of hydrogen-bond donors (Lipinski definition) is 1. The van der Waals surface area contributed by atoms with E-state index >= 15 is 0 Å². The first-order chi connectivity index (χ1) is 8.24. The lowest BCUT2D eigenvalue weighted by atomic mass is 10.3. The number of carbonyl (C=O) groups is 2. The highest BCUT2D eigenvalue weighted by molar-refractivity contribution is 5.78. The van der Waals surface area contributed by atoms with Crippen molar-refractivity contribution < 1.29 is 19.1 Å². The molecule has 0 aromatic carbocycles. The van der Waals surface area contributed by atoms with Crippen LogP contribution >= 0.6 is 0 Å². The maximum atomic E-state index is 11.7. The summed E-state index contributed by atoms with van der Waals surface area (Å²) < 4.78 is 9.68. The van der Waals surface area contributed by atoms with Gasteiger partial charge < -0.3 is 19.7 Å². The van der Waals surface area contributed by atoms with Crippen molar-refractivity contribution in [3.05, 3.63) is 0 Å². The number of methoxy groups -OCH3 is 1. The van der Waals surface area contributed by atoms with Crippen molar-refractivity contribution >= 4 is 11.9 Å². The van der Waals surface area contributed by atoms with Gasteiger partial charge in [0.1, 0.15) is 0 Å². The molecule has 98 valence electrons. The molecule has 1 saturated heterocycles. The fraction of sp³-hybridized carbons (Fsp3) is 0.818. The molecule has 0 spiro atoms. The number of esters is 1. The highest BCUT2D eigenvalue weighted by Gasteiger charge is 2.15. The van der Waals surface area contributed by atoms with Gasteiger partial charge >= 0.3 is 5.97 Å². The molecule has 17 heavy (non-hydrogen) atoms. The summed E-state index contributed by atoms with van der Waals surface area (Å²) in [6.07, 6.45) is 1.07. The molecule has 1 rings (SSSR count). The van der Waals surface area contributed by atoms with Crippen LogP contribution in [0.2, 0.25) is 0 Å². The first-order valence-corrected chi connectivity index (χ1v) is 5.87. The Kier molecular flexibility index (Phi) is 6.57. The van der Waals surface area contributed by atoms with E-state index in [1.807, 2.05) is 0 Å². The van der Waals surface area contributed by atoms with E-state index < -0.39 is 0 Å². The van der Waals surface area contributed by atoms with E-state index in [2.05, 4.69) is 10.1 Å². The summed E-state index contributed by atoms with van der Waals surface area (Å²) >= 11 is 0. The molecule has 0 radical (unpaired) electrons. The Morgan fingerprint density at radius 1 is 1.35 bits per heavy atom. The van der Waals surface area contributed by atoms with E-state index in [4.69, 9.17) is 4.74 Å². The summed E-state index contributed by atoms with van der Waals surface area (Å²) in [5, 5.41) is 3.02. The lowest BCUT2D eigenvalue weighted by molar-refractivity contribution is -0.140. The maximum absolute atomic E-state index is 11.7. The van der Waals surface area contributed by atoms with Crippen molar-refractivity contribution in [3.63, 3.8) is 0 Å². The van der Waals surface area contributed by atoms with Crippen molar-refractivity contribution in [1.29, 1.82) is 0 Å². The molecule has 6 heteroatoms. The van der Waals surface area contributed by atoms with E-state index in [1.165, 1.54) is 7.11 Å². The van der Waals surface area contributed by atoms with E-state index in [-0.39, 0.29) is 11.9 Å². The second kappa shape index (κ2) is 8.03. The molecule has 0 aromatic rings. The third-order valence-electron chi connectivity index (χ3n) is 2.60. The molecular weight excluding hydrogens is 224 g/mol. The number of nitrogens with zero attached hydrogens (tertiary/aromatic N) is 1. The van der Waals surface area contributed by atoms with Gasteiger partial charge in [0.25, 0.3) is 0 Å². The minimum atomic E-state index is -0.216. The van der Waals surface area contributed by atoms with Gasteiger partial charge in [0.05, 0.1) is 26.9 Å². The SMILES string of the molecule is COC(=O)CCCNCC(=O)N1CCOCC1. The van der Waals surface area contributed by atoms with Gasteiger partial charge in [-0.3, -0.25) is 9.59 Å². The summed E-state index contributed by atoms with van der Waals surface area (Å²) in [6, 6.07) is 0. The normalized spacial score (nSPS) is 15.7. The smallest absolute Gasteiger partial charge is 0.305 e. The topological polar surface area (TPSA) is 67.9 Å². The van der Waals surface area contributed by atoms with Gasteiger partial charge in [-0.15, -0.1) is 0 Å². The summed E-state index contributed by atoms with van der Waals surface area (Å²) in [7, 11) is 1.37. The van der Waals surface area contributed by atoms with Gasteiger partial charge in [-0.25, -0.2) is 0 Å².